The van der Waals surface area contributed by atoms with E-state index in [2.05, 4.69) is 127 Å². The molecule has 1 aromatic rings. The van der Waals surface area contributed by atoms with Gasteiger partial charge in [-0.2, -0.15) is 0 Å². The standard InChI is InChI=1S/C30H51B3O6Si/c1-25(2)26(3,4)35-31(34-25)20-23(32-36-27(5,6)28(7,8)37-32)24(33-38-29(9,10)30(11,12)39-33)21-40(13,14)22-18-16-15-17-19-22/h15-19H,20-21H2,1-14H3/b24-23+. The molecule has 0 amide bonds. The van der Waals surface area contributed by atoms with E-state index in [1.54, 1.807) is 0 Å². The molecule has 0 spiro atoms. The first-order valence-corrected chi connectivity index (χ1v) is 18.1. The minimum atomic E-state index is -2.01. The van der Waals surface area contributed by atoms with Crippen LogP contribution < -0.4 is 5.19 Å². The van der Waals surface area contributed by atoms with Crippen molar-refractivity contribution in [2.45, 2.75) is 142 Å². The van der Waals surface area contributed by atoms with Gasteiger partial charge in [-0.1, -0.05) is 48.6 Å². The summed E-state index contributed by atoms with van der Waals surface area (Å²) in [6, 6.07) is 11.6. The van der Waals surface area contributed by atoms with Gasteiger partial charge < -0.3 is 27.9 Å². The molecule has 0 unspecified atom stereocenters. The van der Waals surface area contributed by atoms with Crippen LogP contribution in [-0.2, 0) is 27.9 Å². The van der Waals surface area contributed by atoms with Crippen molar-refractivity contribution in [2.75, 3.05) is 0 Å². The first-order valence-electron chi connectivity index (χ1n) is 14.8. The lowest BCUT2D eigenvalue weighted by molar-refractivity contribution is 0.00578. The Balaban J connectivity index is 1.86. The number of rotatable bonds is 7. The zero-order chi connectivity index (χ0) is 30.2. The molecule has 40 heavy (non-hydrogen) atoms. The van der Waals surface area contributed by atoms with Crippen molar-refractivity contribution >= 4 is 34.6 Å². The molecule has 0 aromatic heterocycles. The first kappa shape index (κ1) is 32.1. The van der Waals surface area contributed by atoms with Crippen LogP contribution in [0.2, 0.25) is 25.5 Å². The lowest BCUT2D eigenvalue weighted by Crippen LogP contribution is -2.44. The van der Waals surface area contributed by atoms with Crippen LogP contribution in [0.1, 0.15) is 83.1 Å². The summed E-state index contributed by atoms with van der Waals surface area (Å²) < 4.78 is 40.0. The molecule has 220 valence electrons. The molecule has 3 aliphatic heterocycles. The highest BCUT2D eigenvalue weighted by Gasteiger charge is 2.59. The van der Waals surface area contributed by atoms with Crippen molar-refractivity contribution in [3.8, 4) is 0 Å². The Morgan fingerprint density at radius 3 is 1.30 bits per heavy atom. The van der Waals surface area contributed by atoms with Crippen LogP contribution in [0.3, 0.4) is 0 Å². The number of hydrogen-bond acceptors (Lipinski definition) is 6. The van der Waals surface area contributed by atoms with Crippen molar-refractivity contribution in [1.82, 2.24) is 0 Å². The van der Waals surface area contributed by atoms with Gasteiger partial charge in [-0.15, -0.1) is 0 Å². The fourth-order valence-corrected chi connectivity index (χ4v) is 8.04. The van der Waals surface area contributed by atoms with E-state index in [-0.39, 0.29) is 0 Å². The van der Waals surface area contributed by atoms with Gasteiger partial charge in [0.25, 0.3) is 0 Å². The average molecular weight is 568 g/mol. The van der Waals surface area contributed by atoms with Crippen LogP contribution in [-0.4, -0.2) is 63.0 Å². The van der Waals surface area contributed by atoms with Crippen LogP contribution in [0.15, 0.2) is 41.3 Å². The van der Waals surface area contributed by atoms with E-state index < -0.39 is 63.0 Å². The highest BCUT2D eigenvalue weighted by Crippen LogP contribution is 2.46. The Kier molecular flexibility index (Phi) is 8.10. The molecule has 0 radical (unpaired) electrons. The molecule has 0 atom stereocenters. The summed E-state index contributed by atoms with van der Waals surface area (Å²) in [6.07, 6.45) is 0.502. The van der Waals surface area contributed by atoms with Crippen LogP contribution in [0.4, 0.5) is 0 Å². The van der Waals surface area contributed by atoms with E-state index in [1.165, 1.54) is 5.19 Å². The second kappa shape index (κ2) is 10.1. The zero-order valence-electron chi connectivity index (χ0n) is 27.5. The third-order valence-corrected chi connectivity index (χ3v) is 13.5. The highest BCUT2D eigenvalue weighted by atomic mass is 28.3. The average Bonchev–Trinajstić information content (AvgIpc) is 3.24. The van der Waals surface area contributed by atoms with Crippen LogP contribution >= 0.6 is 0 Å². The number of allylic oxidation sites excluding steroid dienone is 2. The van der Waals surface area contributed by atoms with Gasteiger partial charge in [-0.25, -0.2) is 0 Å². The molecule has 3 fully saturated rings. The normalized spacial score (nSPS) is 26.8. The van der Waals surface area contributed by atoms with Gasteiger partial charge in [-0.05, 0) is 100 Å². The smallest absolute Gasteiger partial charge is 0.403 e. The maximum absolute atomic E-state index is 6.75. The van der Waals surface area contributed by atoms with Gasteiger partial charge in [-0.3, -0.25) is 0 Å². The molecular formula is C30H51B3O6Si. The molecule has 3 heterocycles. The van der Waals surface area contributed by atoms with Crippen molar-refractivity contribution < 1.29 is 27.9 Å². The molecule has 3 saturated heterocycles. The molecular weight excluding hydrogens is 517 g/mol. The van der Waals surface area contributed by atoms with Gasteiger partial charge in [0.15, 0.2) is 0 Å². The summed E-state index contributed by atoms with van der Waals surface area (Å²) in [7, 11) is -3.56. The second-order valence-corrected chi connectivity index (χ2v) is 20.2. The SMILES string of the molecule is CC1(C)OB(C/C(B2OC(C)(C)C(C)(C)O2)=C(/C[Si](C)(C)c2ccccc2)B2OC(C)(C)C(C)(C)O2)OC1(C)C. The molecule has 10 heteroatoms. The third-order valence-electron chi connectivity index (χ3n) is 10.4. The number of benzene rings is 1. The Labute approximate surface area is 245 Å². The fraction of sp³-hybridized carbons (Fsp3) is 0.733. The number of hydrogen-bond donors (Lipinski definition) is 0. The summed E-state index contributed by atoms with van der Waals surface area (Å²) in [6.45, 7) is 30.0. The lowest BCUT2D eigenvalue weighted by atomic mass is 9.58. The summed E-state index contributed by atoms with van der Waals surface area (Å²) in [5.74, 6) is 0. The van der Waals surface area contributed by atoms with Gasteiger partial charge in [0.1, 0.15) is 0 Å². The Morgan fingerprint density at radius 1 is 0.550 bits per heavy atom. The van der Waals surface area contributed by atoms with Crippen molar-refractivity contribution in [1.29, 1.82) is 0 Å². The van der Waals surface area contributed by atoms with E-state index in [0.29, 0.717) is 6.32 Å². The maximum Gasteiger partial charge on any atom is 0.489 e. The summed E-state index contributed by atoms with van der Waals surface area (Å²) in [4.78, 5) is 0. The molecule has 6 nitrogen and oxygen atoms in total. The quantitative estimate of drug-likeness (QED) is 0.363. The first-order chi connectivity index (χ1) is 18.0. The van der Waals surface area contributed by atoms with Gasteiger partial charge >= 0.3 is 21.4 Å². The molecule has 4 rings (SSSR count). The molecule has 0 saturated carbocycles. The van der Waals surface area contributed by atoms with Crippen molar-refractivity contribution in [2.24, 2.45) is 0 Å². The van der Waals surface area contributed by atoms with Crippen LogP contribution in [0, 0.1) is 0 Å². The van der Waals surface area contributed by atoms with Gasteiger partial charge in [0, 0.05) is 6.32 Å². The summed E-state index contributed by atoms with van der Waals surface area (Å²) >= 11 is 0. The predicted molar refractivity (Wildman–Crippen MR) is 168 cm³/mol. The monoisotopic (exact) mass is 568 g/mol. The predicted octanol–water partition coefficient (Wildman–Crippen LogP) is 6.25. The second-order valence-electron chi connectivity index (χ2n) is 15.5. The van der Waals surface area contributed by atoms with Crippen molar-refractivity contribution in [3.05, 3.63) is 41.3 Å². The molecule has 1 aromatic carbocycles. The topological polar surface area (TPSA) is 55.4 Å². The Bertz CT molecular complexity index is 1080. The molecule has 0 N–H and O–H groups in total. The van der Waals surface area contributed by atoms with Crippen LogP contribution in [0.5, 0.6) is 0 Å². The van der Waals surface area contributed by atoms with E-state index in [9.17, 15) is 0 Å². The van der Waals surface area contributed by atoms with E-state index in [0.717, 1.165) is 17.0 Å². The highest BCUT2D eigenvalue weighted by molar-refractivity contribution is 6.91. The van der Waals surface area contributed by atoms with Gasteiger partial charge in [0.05, 0.1) is 41.7 Å². The van der Waals surface area contributed by atoms with Crippen molar-refractivity contribution in [3.63, 3.8) is 0 Å². The Hall–Kier alpha value is -0.868. The van der Waals surface area contributed by atoms with E-state index in [1.807, 2.05) is 0 Å². The fourth-order valence-electron chi connectivity index (χ4n) is 5.39. The molecule has 0 aliphatic carbocycles. The van der Waals surface area contributed by atoms with E-state index in [4.69, 9.17) is 27.9 Å². The Morgan fingerprint density at radius 2 is 0.900 bits per heavy atom. The maximum atomic E-state index is 6.75. The molecule has 3 aliphatic rings. The third kappa shape index (κ3) is 5.84. The molecule has 0 bridgehead atoms. The van der Waals surface area contributed by atoms with Gasteiger partial charge in [0.2, 0.25) is 0 Å². The minimum Gasteiger partial charge on any atom is -0.403 e. The lowest BCUT2D eigenvalue weighted by Gasteiger charge is -2.32. The largest absolute Gasteiger partial charge is 0.489 e. The van der Waals surface area contributed by atoms with E-state index >= 15 is 0 Å². The summed E-state index contributed by atoms with van der Waals surface area (Å²) in [5, 5.41) is 1.38. The summed E-state index contributed by atoms with van der Waals surface area (Å²) in [5.41, 5.74) is -0.736. The minimum absolute atomic E-state index is 0.443. The zero-order valence-corrected chi connectivity index (χ0v) is 28.5. The van der Waals surface area contributed by atoms with Crippen LogP contribution in [0.25, 0.3) is 0 Å².